The molecule has 5 nitrogen and oxygen atoms in total. The first-order chi connectivity index (χ1) is 7.46. The van der Waals surface area contributed by atoms with Crippen LogP contribution in [0.25, 0.3) is 0 Å². The van der Waals surface area contributed by atoms with Crippen molar-refractivity contribution in [2.24, 2.45) is 7.05 Å². The second-order valence-electron chi connectivity index (χ2n) is 3.60. The maximum Gasteiger partial charge on any atom is 0.180 e. The van der Waals surface area contributed by atoms with Gasteiger partial charge in [-0.05, 0) is 12.5 Å². The normalized spacial score (nSPS) is 11.6. The first-order valence-corrected chi connectivity index (χ1v) is 7.00. The molecule has 0 bridgehead atoms. The van der Waals surface area contributed by atoms with E-state index in [1.807, 2.05) is 0 Å². The lowest BCUT2D eigenvalue weighted by Crippen LogP contribution is -2.12. The largest absolute Gasteiger partial charge is 0.292 e. The van der Waals surface area contributed by atoms with Crippen LogP contribution in [0.3, 0.4) is 0 Å². The molecule has 0 atom stereocenters. The predicted octanol–water partition coefficient (Wildman–Crippen LogP) is 0.818. The fraction of sp³-hybridized carbons (Fsp3) is 0.600. The molecule has 16 heavy (non-hydrogen) atoms. The van der Waals surface area contributed by atoms with Gasteiger partial charge in [-0.1, -0.05) is 6.92 Å². The molecule has 6 heteroatoms. The standard InChI is InChI=1S/C10H16N2O3S/c1-3-16(14,15)8-4-5-10(13)9-6-7-11-12(9)2/h6-7H,3-5,8H2,1-2H3. The van der Waals surface area contributed by atoms with Gasteiger partial charge in [0.25, 0.3) is 0 Å². The average Bonchev–Trinajstić information content (AvgIpc) is 2.64. The van der Waals surface area contributed by atoms with E-state index in [0.717, 1.165) is 0 Å². The van der Waals surface area contributed by atoms with Gasteiger partial charge in [0.15, 0.2) is 5.78 Å². The Morgan fingerprint density at radius 2 is 2.19 bits per heavy atom. The van der Waals surface area contributed by atoms with Crippen molar-refractivity contribution in [3.05, 3.63) is 18.0 Å². The van der Waals surface area contributed by atoms with Gasteiger partial charge in [-0.3, -0.25) is 9.48 Å². The average molecular weight is 244 g/mol. The molecule has 0 aliphatic carbocycles. The number of carbonyl (C=O) groups excluding carboxylic acids is 1. The Balaban J connectivity index is 2.46. The molecule has 0 aliphatic heterocycles. The second kappa shape index (κ2) is 5.25. The van der Waals surface area contributed by atoms with Crippen LogP contribution in [0.4, 0.5) is 0 Å². The summed E-state index contributed by atoms with van der Waals surface area (Å²) in [6.07, 6.45) is 2.18. The summed E-state index contributed by atoms with van der Waals surface area (Å²) in [6, 6.07) is 1.64. The molecular weight excluding hydrogens is 228 g/mol. The predicted molar refractivity (Wildman–Crippen MR) is 61.1 cm³/mol. The van der Waals surface area contributed by atoms with E-state index in [2.05, 4.69) is 5.10 Å². The maximum absolute atomic E-state index is 11.6. The Labute approximate surface area is 95.4 Å². The van der Waals surface area contributed by atoms with Crippen molar-refractivity contribution in [1.82, 2.24) is 9.78 Å². The van der Waals surface area contributed by atoms with Crippen molar-refractivity contribution < 1.29 is 13.2 Å². The number of sulfone groups is 1. The summed E-state index contributed by atoms with van der Waals surface area (Å²) in [5, 5.41) is 3.89. The van der Waals surface area contributed by atoms with Crippen molar-refractivity contribution in [3.8, 4) is 0 Å². The van der Waals surface area contributed by atoms with Gasteiger partial charge in [-0.25, -0.2) is 8.42 Å². The van der Waals surface area contributed by atoms with Crippen LogP contribution in [-0.4, -0.2) is 35.5 Å². The zero-order valence-corrected chi connectivity index (χ0v) is 10.3. The lowest BCUT2D eigenvalue weighted by atomic mass is 10.2. The minimum absolute atomic E-state index is 0.0636. The minimum atomic E-state index is -2.97. The number of nitrogens with zero attached hydrogens (tertiary/aromatic N) is 2. The van der Waals surface area contributed by atoms with Gasteiger partial charge in [0.2, 0.25) is 0 Å². The van der Waals surface area contributed by atoms with E-state index >= 15 is 0 Å². The number of rotatable bonds is 6. The topological polar surface area (TPSA) is 69.0 Å². The molecule has 1 heterocycles. The molecule has 0 radical (unpaired) electrons. The van der Waals surface area contributed by atoms with Crippen molar-refractivity contribution in [1.29, 1.82) is 0 Å². The molecule has 0 fully saturated rings. The molecule has 0 aliphatic rings. The van der Waals surface area contributed by atoms with Crippen LogP contribution in [0.5, 0.6) is 0 Å². The molecule has 0 saturated carbocycles. The minimum Gasteiger partial charge on any atom is -0.292 e. The molecule has 0 saturated heterocycles. The van der Waals surface area contributed by atoms with E-state index in [1.54, 1.807) is 26.2 Å². The van der Waals surface area contributed by atoms with Crippen LogP contribution < -0.4 is 0 Å². The Bertz CT molecular complexity index is 462. The number of Topliss-reactive ketones (excluding diaryl/α,β-unsaturated/α-hetero) is 1. The second-order valence-corrected chi connectivity index (χ2v) is 6.08. The van der Waals surface area contributed by atoms with E-state index < -0.39 is 9.84 Å². The van der Waals surface area contributed by atoms with Crippen molar-refractivity contribution in [2.75, 3.05) is 11.5 Å². The number of aromatic nitrogens is 2. The summed E-state index contributed by atoms with van der Waals surface area (Å²) in [7, 11) is -1.28. The van der Waals surface area contributed by atoms with Gasteiger partial charge in [0.1, 0.15) is 15.5 Å². The van der Waals surface area contributed by atoms with Crippen molar-refractivity contribution in [3.63, 3.8) is 0 Å². The summed E-state index contributed by atoms with van der Waals surface area (Å²) < 4.78 is 23.9. The van der Waals surface area contributed by atoms with E-state index in [-0.39, 0.29) is 23.7 Å². The van der Waals surface area contributed by atoms with Crippen LogP contribution in [-0.2, 0) is 16.9 Å². The van der Waals surface area contributed by atoms with E-state index in [4.69, 9.17) is 0 Å². The lowest BCUT2D eigenvalue weighted by molar-refractivity contribution is 0.0973. The molecule has 0 N–H and O–H groups in total. The monoisotopic (exact) mass is 244 g/mol. The summed E-state index contributed by atoms with van der Waals surface area (Å²) in [5.41, 5.74) is 0.522. The Kier molecular flexibility index (Phi) is 4.23. The highest BCUT2D eigenvalue weighted by Gasteiger charge is 2.12. The summed E-state index contributed by atoms with van der Waals surface area (Å²) >= 11 is 0. The Morgan fingerprint density at radius 1 is 1.50 bits per heavy atom. The van der Waals surface area contributed by atoms with Gasteiger partial charge in [-0.2, -0.15) is 5.10 Å². The van der Waals surface area contributed by atoms with E-state index in [1.165, 1.54) is 4.68 Å². The van der Waals surface area contributed by atoms with Crippen LogP contribution in [0.15, 0.2) is 12.3 Å². The number of hydrogen-bond acceptors (Lipinski definition) is 4. The zero-order chi connectivity index (χ0) is 12.2. The SMILES string of the molecule is CCS(=O)(=O)CCCC(=O)c1ccnn1C. The lowest BCUT2D eigenvalue weighted by Gasteiger charge is -2.02. The Hall–Kier alpha value is -1.17. The van der Waals surface area contributed by atoms with Gasteiger partial charge >= 0.3 is 0 Å². The van der Waals surface area contributed by atoms with Crippen LogP contribution >= 0.6 is 0 Å². The molecule has 1 rings (SSSR count). The third kappa shape index (κ3) is 3.44. The number of ketones is 1. The van der Waals surface area contributed by atoms with Gasteiger partial charge in [0.05, 0.1) is 5.75 Å². The van der Waals surface area contributed by atoms with Crippen molar-refractivity contribution in [2.45, 2.75) is 19.8 Å². The zero-order valence-electron chi connectivity index (χ0n) is 9.51. The molecule has 0 amide bonds. The molecule has 1 aromatic rings. The molecule has 0 spiro atoms. The summed E-state index contributed by atoms with van der Waals surface area (Å²) in [5.74, 6) is 0.145. The van der Waals surface area contributed by atoms with Gasteiger partial charge in [0, 0.05) is 25.4 Å². The van der Waals surface area contributed by atoms with Crippen LogP contribution in [0, 0.1) is 0 Å². The first-order valence-electron chi connectivity index (χ1n) is 5.18. The fourth-order valence-corrected chi connectivity index (χ4v) is 2.25. The van der Waals surface area contributed by atoms with Gasteiger partial charge in [-0.15, -0.1) is 0 Å². The van der Waals surface area contributed by atoms with Gasteiger partial charge < -0.3 is 0 Å². The molecule has 0 aromatic carbocycles. The molecule has 0 unspecified atom stereocenters. The van der Waals surface area contributed by atoms with Crippen molar-refractivity contribution >= 4 is 15.6 Å². The summed E-state index contributed by atoms with van der Waals surface area (Å²) in [6.45, 7) is 1.61. The highest BCUT2D eigenvalue weighted by molar-refractivity contribution is 7.91. The maximum atomic E-state index is 11.6. The van der Waals surface area contributed by atoms with E-state index in [9.17, 15) is 13.2 Å². The number of aryl methyl sites for hydroxylation is 1. The molecular formula is C10H16N2O3S. The molecule has 90 valence electrons. The molecule has 1 aromatic heterocycles. The third-order valence-corrected chi connectivity index (χ3v) is 4.20. The first kappa shape index (κ1) is 12.9. The summed E-state index contributed by atoms with van der Waals surface area (Å²) in [4.78, 5) is 11.6. The van der Waals surface area contributed by atoms with Crippen LogP contribution in [0.1, 0.15) is 30.3 Å². The quantitative estimate of drug-likeness (QED) is 0.695. The third-order valence-electron chi connectivity index (χ3n) is 2.41. The number of hydrogen-bond donors (Lipinski definition) is 0. The van der Waals surface area contributed by atoms with Crippen LogP contribution in [0.2, 0.25) is 0 Å². The Morgan fingerprint density at radius 3 is 2.69 bits per heavy atom. The highest BCUT2D eigenvalue weighted by atomic mass is 32.2. The highest BCUT2D eigenvalue weighted by Crippen LogP contribution is 2.05. The van der Waals surface area contributed by atoms with E-state index in [0.29, 0.717) is 12.1 Å². The fourth-order valence-electron chi connectivity index (χ4n) is 1.37. The number of carbonyl (C=O) groups is 1. The smallest absolute Gasteiger partial charge is 0.180 e.